The molecule has 0 radical (unpaired) electrons. The SMILES string of the molecule is COc1cccc(Cl)c1C1NC(C)CS1. The van der Waals surface area contributed by atoms with Gasteiger partial charge in [-0.15, -0.1) is 11.8 Å². The molecule has 1 aromatic rings. The fourth-order valence-electron chi connectivity index (χ4n) is 1.71. The first-order valence-corrected chi connectivity index (χ1v) is 6.35. The number of ether oxygens (including phenoxy) is 1. The molecule has 15 heavy (non-hydrogen) atoms. The predicted octanol–water partition coefficient (Wildman–Crippen LogP) is 3.07. The van der Waals surface area contributed by atoms with Crippen molar-refractivity contribution in [2.75, 3.05) is 12.9 Å². The summed E-state index contributed by atoms with van der Waals surface area (Å²) in [5.41, 5.74) is 1.07. The second-order valence-corrected chi connectivity index (χ2v) is 5.18. The topological polar surface area (TPSA) is 21.3 Å². The minimum Gasteiger partial charge on any atom is -0.496 e. The second kappa shape index (κ2) is 4.64. The molecule has 0 aromatic heterocycles. The number of hydrogen-bond donors (Lipinski definition) is 1. The molecule has 2 atom stereocenters. The van der Waals surface area contributed by atoms with Gasteiger partial charge in [0.2, 0.25) is 0 Å². The Bertz CT molecular complexity index is 358. The van der Waals surface area contributed by atoms with Crippen LogP contribution < -0.4 is 10.1 Å². The van der Waals surface area contributed by atoms with Crippen LogP contribution in [0, 0.1) is 0 Å². The van der Waals surface area contributed by atoms with Crippen molar-refractivity contribution in [3.63, 3.8) is 0 Å². The van der Waals surface area contributed by atoms with E-state index in [1.165, 1.54) is 0 Å². The first-order valence-electron chi connectivity index (χ1n) is 4.92. The lowest BCUT2D eigenvalue weighted by Gasteiger charge is -2.16. The molecular formula is C11H14ClNOS. The molecule has 2 unspecified atom stereocenters. The van der Waals surface area contributed by atoms with Crippen LogP contribution in [-0.2, 0) is 0 Å². The van der Waals surface area contributed by atoms with Crippen LogP contribution in [0.5, 0.6) is 5.75 Å². The van der Waals surface area contributed by atoms with E-state index in [0.717, 1.165) is 22.1 Å². The van der Waals surface area contributed by atoms with Crippen molar-refractivity contribution in [3.05, 3.63) is 28.8 Å². The highest BCUT2D eigenvalue weighted by molar-refractivity contribution is 7.99. The van der Waals surface area contributed by atoms with Gasteiger partial charge in [-0.1, -0.05) is 17.7 Å². The highest BCUT2D eigenvalue weighted by atomic mass is 35.5. The first-order chi connectivity index (χ1) is 7.22. The third-order valence-electron chi connectivity index (χ3n) is 2.44. The van der Waals surface area contributed by atoms with Crippen LogP contribution in [0.15, 0.2) is 18.2 Å². The first kappa shape index (κ1) is 11.1. The van der Waals surface area contributed by atoms with Crippen molar-refractivity contribution >= 4 is 23.4 Å². The Morgan fingerprint density at radius 2 is 2.33 bits per heavy atom. The highest BCUT2D eigenvalue weighted by Gasteiger charge is 2.26. The molecule has 0 spiro atoms. The van der Waals surface area contributed by atoms with Gasteiger partial charge in [-0.05, 0) is 19.1 Å². The molecule has 1 N–H and O–H groups in total. The van der Waals surface area contributed by atoms with Crippen LogP contribution in [0.4, 0.5) is 0 Å². The molecule has 2 rings (SSSR count). The Kier molecular flexibility index (Phi) is 3.44. The molecule has 0 saturated carbocycles. The van der Waals surface area contributed by atoms with E-state index in [2.05, 4.69) is 12.2 Å². The molecule has 1 aliphatic rings. The molecule has 4 heteroatoms. The maximum absolute atomic E-state index is 6.20. The average Bonchev–Trinajstić information content (AvgIpc) is 2.64. The van der Waals surface area contributed by atoms with Crippen LogP contribution in [0.1, 0.15) is 17.9 Å². The zero-order valence-corrected chi connectivity index (χ0v) is 10.4. The van der Waals surface area contributed by atoms with Crippen LogP contribution in [-0.4, -0.2) is 18.9 Å². The predicted molar refractivity (Wildman–Crippen MR) is 65.8 cm³/mol. The lowest BCUT2D eigenvalue weighted by Crippen LogP contribution is -2.22. The molecule has 0 amide bonds. The van der Waals surface area contributed by atoms with Crippen molar-refractivity contribution in [3.8, 4) is 5.75 Å². The lowest BCUT2D eigenvalue weighted by molar-refractivity contribution is 0.407. The highest BCUT2D eigenvalue weighted by Crippen LogP contribution is 2.41. The van der Waals surface area contributed by atoms with E-state index >= 15 is 0 Å². The van der Waals surface area contributed by atoms with Gasteiger partial charge >= 0.3 is 0 Å². The minimum atomic E-state index is 0.253. The monoisotopic (exact) mass is 243 g/mol. The molecule has 1 aliphatic heterocycles. The maximum Gasteiger partial charge on any atom is 0.125 e. The van der Waals surface area contributed by atoms with E-state index in [1.807, 2.05) is 30.0 Å². The Morgan fingerprint density at radius 3 is 2.93 bits per heavy atom. The van der Waals surface area contributed by atoms with E-state index in [0.29, 0.717) is 6.04 Å². The van der Waals surface area contributed by atoms with Gasteiger partial charge in [-0.2, -0.15) is 0 Å². The Balaban J connectivity index is 2.33. The summed E-state index contributed by atoms with van der Waals surface area (Å²) in [6.07, 6.45) is 0. The van der Waals surface area contributed by atoms with Crippen molar-refractivity contribution in [2.45, 2.75) is 18.3 Å². The van der Waals surface area contributed by atoms with Crippen molar-refractivity contribution in [1.82, 2.24) is 5.32 Å². The third kappa shape index (κ3) is 2.25. The minimum absolute atomic E-state index is 0.253. The van der Waals surface area contributed by atoms with Gasteiger partial charge in [-0.25, -0.2) is 0 Å². The summed E-state index contributed by atoms with van der Waals surface area (Å²) < 4.78 is 5.34. The number of halogens is 1. The second-order valence-electron chi connectivity index (χ2n) is 3.64. The van der Waals surface area contributed by atoms with E-state index in [-0.39, 0.29) is 5.37 Å². The Morgan fingerprint density at radius 1 is 1.53 bits per heavy atom. The zero-order chi connectivity index (χ0) is 10.8. The van der Waals surface area contributed by atoms with Crippen molar-refractivity contribution in [1.29, 1.82) is 0 Å². The summed E-state index contributed by atoms with van der Waals surface area (Å²) in [5, 5.41) is 4.51. The largest absolute Gasteiger partial charge is 0.496 e. The zero-order valence-electron chi connectivity index (χ0n) is 8.79. The standard InChI is InChI=1S/C11H14ClNOS/c1-7-6-15-11(13-7)10-8(12)4-3-5-9(10)14-2/h3-5,7,11,13H,6H2,1-2H3. The van der Waals surface area contributed by atoms with E-state index in [4.69, 9.17) is 16.3 Å². The summed E-state index contributed by atoms with van der Waals surface area (Å²) in [6, 6.07) is 6.30. The maximum atomic E-state index is 6.20. The molecular weight excluding hydrogens is 230 g/mol. The average molecular weight is 244 g/mol. The van der Waals surface area contributed by atoms with Crippen LogP contribution in [0.2, 0.25) is 5.02 Å². The summed E-state index contributed by atoms with van der Waals surface area (Å²) in [6.45, 7) is 2.18. The lowest BCUT2D eigenvalue weighted by atomic mass is 10.2. The molecule has 1 aromatic carbocycles. The summed E-state index contributed by atoms with van der Waals surface area (Å²) in [7, 11) is 1.68. The number of methoxy groups -OCH3 is 1. The Labute approximate surface area is 99.3 Å². The van der Waals surface area contributed by atoms with E-state index in [9.17, 15) is 0 Å². The molecule has 2 nitrogen and oxygen atoms in total. The number of hydrogen-bond acceptors (Lipinski definition) is 3. The fraction of sp³-hybridized carbons (Fsp3) is 0.455. The van der Waals surface area contributed by atoms with Gasteiger partial charge in [0.05, 0.1) is 12.5 Å². The van der Waals surface area contributed by atoms with Crippen molar-refractivity contribution < 1.29 is 4.74 Å². The molecule has 1 saturated heterocycles. The molecule has 82 valence electrons. The van der Waals surface area contributed by atoms with Crippen LogP contribution in [0.3, 0.4) is 0 Å². The molecule has 0 aliphatic carbocycles. The number of thioether (sulfide) groups is 1. The van der Waals surface area contributed by atoms with Gasteiger partial charge in [0.1, 0.15) is 5.75 Å². The summed E-state index contributed by atoms with van der Waals surface area (Å²) in [4.78, 5) is 0. The molecule has 1 fully saturated rings. The number of rotatable bonds is 2. The smallest absolute Gasteiger partial charge is 0.125 e. The van der Waals surface area contributed by atoms with Crippen molar-refractivity contribution in [2.24, 2.45) is 0 Å². The number of benzene rings is 1. The molecule has 0 bridgehead atoms. The fourth-order valence-corrected chi connectivity index (χ4v) is 3.37. The van der Waals surface area contributed by atoms with Gasteiger partial charge < -0.3 is 4.74 Å². The van der Waals surface area contributed by atoms with Crippen LogP contribution in [0.25, 0.3) is 0 Å². The van der Waals surface area contributed by atoms with E-state index < -0.39 is 0 Å². The van der Waals surface area contributed by atoms with Gasteiger partial charge in [0.25, 0.3) is 0 Å². The Hall–Kier alpha value is -0.380. The van der Waals surface area contributed by atoms with E-state index in [1.54, 1.807) is 7.11 Å². The van der Waals surface area contributed by atoms with Crippen LogP contribution >= 0.6 is 23.4 Å². The summed E-state index contributed by atoms with van der Waals surface area (Å²) in [5.74, 6) is 1.97. The number of nitrogens with one attached hydrogen (secondary N) is 1. The normalized spacial score (nSPS) is 25.5. The molecule has 1 heterocycles. The van der Waals surface area contributed by atoms with Gasteiger partial charge in [0, 0.05) is 22.4 Å². The summed E-state index contributed by atoms with van der Waals surface area (Å²) >= 11 is 8.07. The van der Waals surface area contributed by atoms with Gasteiger partial charge in [-0.3, -0.25) is 5.32 Å². The third-order valence-corrected chi connectivity index (χ3v) is 4.17. The quantitative estimate of drug-likeness (QED) is 0.863. The van der Waals surface area contributed by atoms with Gasteiger partial charge in [0.15, 0.2) is 0 Å².